The normalized spacial score (nSPS) is 12.0. The molecule has 0 aliphatic carbocycles. The third kappa shape index (κ3) is 4.04. The molecule has 3 aromatic rings. The molecule has 0 radical (unpaired) electrons. The standard InChI is InChI=1S/C21H21FN2O4/c1-3-16(25)12-24-19(13-5-4-6-15(22)9-13)11-18(23-24)17-10-14(21(26)27)7-8-20(17)28-2/h4-11,16,25H,3,12H2,1-2H3,(H,26,27)/t16-/m0/s1. The molecule has 0 aliphatic rings. The molecular formula is C21H21FN2O4. The van der Waals surface area contributed by atoms with Crippen LogP contribution in [0.2, 0.25) is 0 Å². The lowest BCUT2D eigenvalue weighted by Crippen LogP contribution is -2.16. The summed E-state index contributed by atoms with van der Waals surface area (Å²) in [4.78, 5) is 11.4. The molecule has 0 amide bonds. The first-order valence-corrected chi connectivity index (χ1v) is 8.86. The second kappa shape index (κ2) is 8.22. The van der Waals surface area contributed by atoms with E-state index in [1.165, 1.54) is 31.4 Å². The minimum absolute atomic E-state index is 0.103. The van der Waals surface area contributed by atoms with Gasteiger partial charge in [-0.05, 0) is 42.8 Å². The second-order valence-corrected chi connectivity index (χ2v) is 6.39. The first-order valence-electron chi connectivity index (χ1n) is 8.86. The summed E-state index contributed by atoms with van der Waals surface area (Å²) < 4.78 is 20.7. The van der Waals surface area contributed by atoms with Gasteiger partial charge in [0.15, 0.2) is 0 Å². The van der Waals surface area contributed by atoms with Gasteiger partial charge in [0.1, 0.15) is 11.6 Å². The van der Waals surface area contributed by atoms with Crippen LogP contribution in [0.5, 0.6) is 5.75 Å². The van der Waals surface area contributed by atoms with E-state index in [1.54, 1.807) is 28.9 Å². The molecule has 0 bridgehead atoms. The van der Waals surface area contributed by atoms with Crippen LogP contribution in [0, 0.1) is 5.82 Å². The van der Waals surface area contributed by atoms with E-state index in [-0.39, 0.29) is 17.9 Å². The molecule has 1 atom stereocenters. The number of aliphatic hydroxyl groups excluding tert-OH is 1. The van der Waals surface area contributed by atoms with Gasteiger partial charge in [0.2, 0.25) is 0 Å². The lowest BCUT2D eigenvalue weighted by Gasteiger charge is -2.11. The van der Waals surface area contributed by atoms with E-state index in [0.29, 0.717) is 34.7 Å². The molecule has 1 aromatic heterocycles. The average Bonchev–Trinajstić information content (AvgIpc) is 3.10. The number of carboxylic acids is 1. The lowest BCUT2D eigenvalue weighted by molar-refractivity contribution is 0.0697. The van der Waals surface area contributed by atoms with Gasteiger partial charge in [0.05, 0.1) is 36.7 Å². The second-order valence-electron chi connectivity index (χ2n) is 6.39. The third-order valence-electron chi connectivity index (χ3n) is 4.48. The first-order chi connectivity index (χ1) is 13.4. The summed E-state index contributed by atoms with van der Waals surface area (Å²) in [7, 11) is 1.49. The highest BCUT2D eigenvalue weighted by Gasteiger charge is 2.18. The number of carbonyl (C=O) groups is 1. The zero-order valence-electron chi connectivity index (χ0n) is 15.6. The van der Waals surface area contributed by atoms with Crippen molar-refractivity contribution in [2.24, 2.45) is 0 Å². The Morgan fingerprint density at radius 3 is 2.68 bits per heavy atom. The van der Waals surface area contributed by atoms with Crippen molar-refractivity contribution >= 4 is 5.97 Å². The predicted molar refractivity (Wildman–Crippen MR) is 103 cm³/mol. The zero-order chi connectivity index (χ0) is 20.3. The van der Waals surface area contributed by atoms with Crippen molar-refractivity contribution in [2.45, 2.75) is 26.0 Å². The molecule has 146 valence electrons. The number of benzene rings is 2. The number of hydrogen-bond acceptors (Lipinski definition) is 4. The highest BCUT2D eigenvalue weighted by atomic mass is 19.1. The Bertz CT molecular complexity index is 1000. The molecule has 0 spiro atoms. The van der Waals surface area contributed by atoms with Crippen molar-refractivity contribution in [3.8, 4) is 28.3 Å². The number of methoxy groups -OCH3 is 1. The fraction of sp³-hybridized carbons (Fsp3) is 0.238. The first kappa shape index (κ1) is 19.6. The van der Waals surface area contributed by atoms with E-state index in [2.05, 4.69) is 5.10 Å². The summed E-state index contributed by atoms with van der Waals surface area (Å²) in [6.07, 6.45) is -0.0809. The van der Waals surface area contributed by atoms with Gasteiger partial charge < -0.3 is 14.9 Å². The van der Waals surface area contributed by atoms with Gasteiger partial charge >= 0.3 is 5.97 Å². The molecule has 0 saturated heterocycles. The van der Waals surface area contributed by atoms with Crippen LogP contribution in [-0.2, 0) is 6.54 Å². The Morgan fingerprint density at radius 2 is 2.04 bits per heavy atom. The van der Waals surface area contributed by atoms with E-state index in [4.69, 9.17) is 4.74 Å². The van der Waals surface area contributed by atoms with Crippen molar-refractivity contribution in [2.75, 3.05) is 7.11 Å². The molecule has 0 fully saturated rings. The fourth-order valence-corrected chi connectivity index (χ4v) is 2.94. The minimum Gasteiger partial charge on any atom is -0.496 e. The summed E-state index contributed by atoms with van der Waals surface area (Å²) in [5, 5.41) is 23.9. The number of aliphatic hydroxyl groups is 1. The molecule has 2 N–H and O–H groups in total. The fourth-order valence-electron chi connectivity index (χ4n) is 2.94. The molecule has 0 aliphatic heterocycles. The van der Waals surface area contributed by atoms with E-state index in [9.17, 15) is 19.4 Å². The van der Waals surface area contributed by atoms with E-state index in [0.717, 1.165) is 0 Å². The minimum atomic E-state index is -1.06. The van der Waals surface area contributed by atoms with Crippen molar-refractivity contribution in [1.29, 1.82) is 0 Å². The van der Waals surface area contributed by atoms with Crippen LogP contribution in [0.15, 0.2) is 48.5 Å². The maximum Gasteiger partial charge on any atom is 0.335 e. The molecule has 7 heteroatoms. The smallest absolute Gasteiger partial charge is 0.335 e. The number of nitrogens with zero attached hydrogens (tertiary/aromatic N) is 2. The number of hydrogen-bond donors (Lipinski definition) is 2. The Kier molecular flexibility index (Phi) is 5.75. The number of halogens is 1. The van der Waals surface area contributed by atoms with Gasteiger partial charge in [-0.1, -0.05) is 19.1 Å². The largest absolute Gasteiger partial charge is 0.496 e. The van der Waals surface area contributed by atoms with E-state index in [1.807, 2.05) is 6.92 Å². The summed E-state index contributed by atoms with van der Waals surface area (Å²) in [6, 6.07) is 12.3. The average molecular weight is 384 g/mol. The number of aromatic carboxylic acids is 1. The Balaban J connectivity index is 2.16. The van der Waals surface area contributed by atoms with Gasteiger partial charge in [-0.3, -0.25) is 4.68 Å². The molecule has 6 nitrogen and oxygen atoms in total. The number of ether oxygens (including phenoxy) is 1. The third-order valence-corrected chi connectivity index (χ3v) is 4.48. The van der Waals surface area contributed by atoms with Crippen LogP contribution < -0.4 is 4.74 Å². The van der Waals surface area contributed by atoms with Gasteiger partial charge in [0, 0.05) is 11.1 Å². The van der Waals surface area contributed by atoms with Gasteiger partial charge in [-0.25, -0.2) is 9.18 Å². The highest BCUT2D eigenvalue weighted by molar-refractivity contribution is 5.90. The summed E-state index contributed by atoms with van der Waals surface area (Å²) in [6.45, 7) is 2.08. The van der Waals surface area contributed by atoms with Gasteiger partial charge in [-0.15, -0.1) is 0 Å². The van der Waals surface area contributed by atoms with Crippen LogP contribution in [0.4, 0.5) is 4.39 Å². The van der Waals surface area contributed by atoms with Crippen molar-refractivity contribution < 1.29 is 24.1 Å². The maximum atomic E-state index is 13.7. The Labute approximate surface area is 161 Å². The van der Waals surface area contributed by atoms with Gasteiger partial charge in [0.25, 0.3) is 0 Å². The molecular weight excluding hydrogens is 363 g/mol. The molecule has 2 aromatic carbocycles. The van der Waals surface area contributed by atoms with Crippen LogP contribution >= 0.6 is 0 Å². The van der Waals surface area contributed by atoms with E-state index < -0.39 is 12.1 Å². The highest BCUT2D eigenvalue weighted by Crippen LogP contribution is 2.33. The van der Waals surface area contributed by atoms with Crippen LogP contribution in [0.25, 0.3) is 22.5 Å². The zero-order valence-corrected chi connectivity index (χ0v) is 15.6. The van der Waals surface area contributed by atoms with E-state index >= 15 is 0 Å². The van der Waals surface area contributed by atoms with Crippen molar-refractivity contribution in [3.05, 3.63) is 59.9 Å². The van der Waals surface area contributed by atoms with Crippen molar-refractivity contribution in [3.63, 3.8) is 0 Å². The van der Waals surface area contributed by atoms with Crippen molar-refractivity contribution in [1.82, 2.24) is 9.78 Å². The quantitative estimate of drug-likeness (QED) is 0.647. The van der Waals surface area contributed by atoms with Gasteiger partial charge in [-0.2, -0.15) is 5.10 Å². The topological polar surface area (TPSA) is 84.6 Å². The Hall–Kier alpha value is -3.19. The SMILES string of the molecule is CC[C@H](O)Cn1nc(-c2cc(C(=O)O)ccc2OC)cc1-c1cccc(F)c1. The molecule has 0 unspecified atom stereocenters. The summed E-state index contributed by atoms with van der Waals surface area (Å²) >= 11 is 0. The monoisotopic (exact) mass is 384 g/mol. The Morgan fingerprint density at radius 1 is 1.25 bits per heavy atom. The molecule has 0 saturated carbocycles. The lowest BCUT2D eigenvalue weighted by atomic mass is 10.1. The molecule has 1 heterocycles. The molecule has 28 heavy (non-hydrogen) atoms. The number of aromatic nitrogens is 2. The van der Waals surface area contributed by atoms with Crippen LogP contribution in [-0.4, -0.2) is 39.2 Å². The number of rotatable bonds is 7. The summed E-state index contributed by atoms with van der Waals surface area (Å²) in [5.41, 5.74) is 2.30. The van der Waals surface area contributed by atoms with Crippen LogP contribution in [0.3, 0.4) is 0 Å². The predicted octanol–water partition coefficient (Wildman–Crippen LogP) is 3.83. The number of carboxylic acid groups (broad SMARTS) is 1. The molecule has 3 rings (SSSR count). The maximum absolute atomic E-state index is 13.7. The summed E-state index contributed by atoms with van der Waals surface area (Å²) in [5.74, 6) is -0.972. The van der Waals surface area contributed by atoms with Crippen LogP contribution in [0.1, 0.15) is 23.7 Å².